The van der Waals surface area contributed by atoms with Gasteiger partial charge in [-0.3, -0.25) is 0 Å². The minimum absolute atomic E-state index is 0.0842. The summed E-state index contributed by atoms with van der Waals surface area (Å²) in [5, 5.41) is 8.92. The van der Waals surface area contributed by atoms with Crippen molar-refractivity contribution in [2.75, 3.05) is 13.4 Å². The van der Waals surface area contributed by atoms with Crippen molar-refractivity contribution in [2.24, 2.45) is 0 Å². The molecule has 0 aliphatic rings. The molecule has 0 saturated heterocycles. The van der Waals surface area contributed by atoms with Crippen LogP contribution < -0.4 is 9.05 Å². The molecule has 0 amide bonds. The Labute approximate surface area is 217 Å². The highest BCUT2D eigenvalue weighted by atomic mass is 32.2. The number of hydrogen-bond donors (Lipinski definition) is 1. The molecule has 3 aromatic rings. The number of benzene rings is 3. The normalized spacial score (nSPS) is 10.1. The quantitative estimate of drug-likeness (QED) is 0.194. The molecule has 0 aromatic heterocycles. The number of ether oxygens (including phenoxy) is 1. The first kappa shape index (κ1) is 30.6. The lowest BCUT2D eigenvalue weighted by Crippen LogP contribution is -1.97. The maximum absolute atomic E-state index is 8.92. The van der Waals surface area contributed by atoms with E-state index in [0.717, 1.165) is 33.8 Å². The van der Waals surface area contributed by atoms with Crippen LogP contribution in [0.4, 0.5) is 0 Å². The van der Waals surface area contributed by atoms with Gasteiger partial charge in [-0.2, -0.15) is 0 Å². The van der Waals surface area contributed by atoms with Gasteiger partial charge in [0.2, 0.25) is 0 Å². The number of methoxy groups -OCH3 is 1. The minimum atomic E-state index is -0.0842. The van der Waals surface area contributed by atoms with Gasteiger partial charge in [0.25, 0.3) is 9.03 Å². The first-order valence-corrected chi connectivity index (χ1v) is 13.4. The van der Waals surface area contributed by atoms with Crippen LogP contribution in [-0.4, -0.2) is 18.5 Å². The first-order chi connectivity index (χ1) is 16.7. The fraction of sp³-hybridized carbons (Fsp3) is 0.310. The highest BCUT2D eigenvalue weighted by Gasteiger charge is 2.11. The van der Waals surface area contributed by atoms with Crippen molar-refractivity contribution in [1.29, 1.82) is 0 Å². The van der Waals surface area contributed by atoms with Crippen molar-refractivity contribution in [2.45, 2.75) is 53.0 Å². The molecule has 0 radical (unpaired) electrons. The standard InChI is InChI=1S/C17H21O3PS.C7H8O.C5H10/c1-12-7-5-6-8-16(12)19-21-20-17-13(2)9-15(22-4)10-14(17)11-18-3;1-6-4-2-3-5-7(6)8;1-4-5(2)3/h5-10,21H,11H2,1-4H3;2-5,8H,1H3;4H,1-3H3. The number of rotatable bonds is 7. The van der Waals surface area contributed by atoms with E-state index in [0.29, 0.717) is 12.4 Å². The van der Waals surface area contributed by atoms with E-state index in [-0.39, 0.29) is 9.03 Å². The molecule has 1 atom stereocenters. The van der Waals surface area contributed by atoms with Crippen LogP contribution in [0, 0.1) is 20.8 Å². The van der Waals surface area contributed by atoms with Crippen LogP contribution in [0.2, 0.25) is 0 Å². The summed E-state index contributed by atoms with van der Waals surface area (Å²) in [7, 11) is 1.61. The van der Waals surface area contributed by atoms with Gasteiger partial charge in [0.1, 0.15) is 17.2 Å². The zero-order valence-electron chi connectivity index (χ0n) is 22.1. The molecule has 1 N–H and O–H groups in total. The molecule has 3 rings (SSSR count). The third-order valence-electron chi connectivity index (χ3n) is 4.94. The SMILES string of the molecule is CC=C(C)C.COCc1cc(SC)cc(C)c1OPOc1ccccc1C.Cc1ccccc1O. The van der Waals surface area contributed by atoms with E-state index in [4.69, 9.17) is 18.9 Å². The summed E-state index contributed by atoms with van der Waals surface area (Å²) in [6.07, 6.45) is 4.15. The second-order valence-electron chi connectivity index (χ2n) is 8.07. The van der Waals surface area contributed by atoms with Crippen LogP contribution in [0.1, 0.15) is 43.0 Å². The number of aromatic hydroxyl groups is 1. The van der Waals surface area contributed by atoms with E-state index in [1.165, 1.54) is 10.5 Å². The van der Waals surface area contributed by atoms with Gasteiger partial charge in [-0.25, -0.2) is 0 Å². The number of phenols is 1. The van der Waals surface area contributed by atoms with Gasteiger partial charge in [0, 0.05) is 17.6 Å². The van der Waals surface area contributed by atoms with E-state index in [1.807, 2.05) is 70.2 Å². The Kier molecular flexibility index (Phi) is 14.9. The van der Waals surface area contributed by atoms with Crippen molar-refractivity contribution in [3.8, 4) is 17.2 Å². The molecule has 3 aromatic carbocycles. The average Bonchev–Trinajstić information content (AvgIpc) is 2.84. The van der Waals surface area contributed by atoms with Crippen LogP contribution in [0.15, 0.2) is 77.2 Å². The van der Waals surface area contributed by atoms with Crippen molar-refractivity contribution in [3.63, 3.8) is 0 Å². The van der Waals surface area contributed by atoms with E-state index in [9.17, 15) is 0 Å². The zero-order valence-corrected chi connectivity index (χ0v) is 24.0. The topological polar surface area (TPSA) is 47.9 Å². The second kappa shape index (κ2) is 17.0. The molecule has 0 spiro atoms. The maximum atomic E-state index is 8.92. The molecule has 0 saturated carbocycles. The van der Waals surface area contributed by atoms with E-state index < -0.39 is 0 Å². The van der Waals surface area contributed by atoms with Crippen molar-refractivity contribution >= 4 is 20.8 Å². The summed E-state index contributed by atoms with van der Waals surface area (Å²) in [6, 6.07) is 19.4. The van der Waals surface area contributed by atoms with Gasteiger partial charge in [-0.1, -0.05) is 48.0 Å². The van der Waals surface area contributed by atoms with Gasteiger partial charge >= 0.3 is 0 Å². The number of para-hydroxylation sites is 2. The van der Waals surface area contributed by atoms with E-state index in [1.54, 1.807) is 24.9 Å². The number of thioether (sulfide) groups is 1. The Morgan fingerprint density at radius 3 is 2.00 bits per heavy atom. The number of phenolic OH excluding ortho intramolecular Hbond substituents is 1. The Hall–Kier alpha value is -2.46. The molecule has 1 unspecified atom stereocenters. The fourth-order valence-corrected chi connectivity index (χ4v) is 3.97. The summed E-state index contributed by atoms with van der Waals surface area (Å²) >= 11 is 1.71. The molecule has 0 aliphatic carbocycles. The monoisotopic (exact) mass is 514 g/mol. The van der Waals surface area contributed by atoms with Crippen molar-refractivity contribution in [3.05, 3.63) is 94.6 Å². The summed E-state index contributed by atoms with van der Waals surface area (Å²) in [5.41, 5.74) is 5.55. The van der Waals surface area contributed by atoms with Gasteiger partial charge < -0.3 is 18.9 Å². The Morgan fingerprint density at radius 2 is 1.51 bits per heavy atom. The summed E-state index contributed by atoms with van der Waals surface area (Å²) < 4.78 is 16.9. The lowest BCUT2D eigenvalue weighted by Gasteiger charge is -2.15. The third kappa shape index (κ3) is 11.7. The molecular weight excluding hydrogens is 475 g/mol. The number of aryl methyl sites for hydroxylation is 3. The van der Waals surface area contributed by atoms with Gasteiger partial charge in [0.05, 0.1) is 6.61 Å². The average molecular weight is 515 g/mol. The van der Waals surface area contributed by atoms with Crippen molar-refractivity contribution < 1.29 is 18.9 Å². The van der Waals surface area contributed by atoms with Gasteiger partial charge in [-0.05, 0) is 88.8 Å². The zero-order chi connectivity index (χ0) is 26.2. The van der Waals surface area contributed by atoms with Crippen LogP contribution in [-0.2, 0) is 11.3 Å². The molecule has 0 heterocycles. The molecule has 0 aliphatic heterocycles. The van der Waals surface area contributed by atoms with Gasteiger partial charge in [0.15, 0.2) is 0 Å². The second-order valence-corrected chi connectivity index (χ2v) is 9.53. The molecule has 35 heavy (non-hydrogen) atoms. The minimum Gasteiger partial charge on any atom is -0.508 e. The highest BCUT2D eigenvalue weighted by molar-refractivity contribution is 7.98. The van der Waals surface area contributed by atoms with Crippen LogP contribution in [0.25, 0.3) is 0 Å². The maximum Gasteiger partial charge on any atom is 0.275 e. The molecule has 4 nitrogen and oxygen atoms in total. The number of hydrogen-bond acceptors (Lipinski definition) is 5. The van der Waals surface area contributed by atoms with Crippen LogP contribution in [0.5, 0.6) is 17.2 Å². The molecule has 0 fully saturated rings. The summed E-state index contributed by atoms with van der Waals surface area (Å²) in [5.74, 6) is 2.08. The van der Waals surface area contributed by atoms with Crippen molar-refractivity contribution in [1.82, 2.24) is 0 Å². The number of allylic oxidation sites excluding steroid dienone is 2. The Balaban J connectivity index is 0.000000385. The van der Waals surface area contributed by atoms with Gasteiger partial charge in [-0.15, -0.1) is 11.8 Å². The molecule has 6 heteroatoms. The predicted molar refractivity (Wildman–Crippen MR) is 152 cm³/mol. The first-order valence-electron chi connectivity index (χ1n) is 11.4. The van der Waals surface area contributed by atoms with E-state index >= 15 is 0 Å². The van der Waals surface area contributed by atoms with E-state index in [2.05, 4.69) is 38.3 Å². The molecule has 0 bridgehead atoms. The van der Waals surface area contributed by atoms with Crippen LogP contribution >= 0.6 is 20.8 Å². The predicted octanol–water partition coefficient (Wildman–Crippen LogP) is 8.81. The molecule has 190 valence electrons. The largest absolute Gasteiger partial charge is 0.508 e. The Bertz CT molecular complexity index is 1040. The fourth-order valence-electron chi connectivity index (χ4n) is 2.68. The Morgan fingerprint density at radius 1 is 0.914 bits per heavy atom. The lowest BCUT2D eigenvalue weighted by molar-refractivity contribution is 0.183. The van der Waals surface area contributed by atoms with Crippen LogP contribution in [0.3, 0.4) is 0 Å². The third-order valence-corrected chi connectivity index (χ3v) is 6.24. The smallest absolute Gasteiger partial charge is 0.275 e. The summed E-state index contributed by atoms with van der Waals surface area (Å²) in [6.45, 7) is 12.7. The molecular formula is C29H39O4PS. The summed E-state index contributed by atoms with van der Waals surface area (Å²) in [4.78, 5) is 1.21. The highest BCUT2D eigenvalue weighted by Crippen LogP contribution is 2.35. The lowest BCUT2D eigenvalue weighted by atomic mass is 10.1.